The van der Waals surface area contributed by atoms with E-state index in [1.165, 1.54) is 0 Å². The first-order valence-electron chi connectivity index (χ1n) is 7.21. The van der Waals surface area contributed by atoms with Gasteiger partial charge in [0, 0.05) is 12.2 Å². The predicted molar refractivity (Wildman–Crippen MR) is 79.2 cm³/mol. The van der Waals surface area contributed by atoms with Crippen LogP contribution >= 0.6 is 0 Å². The van der Waals surface area contributed by atoms with Crippen LogP contribution in [0.2, 0.25) is 0 Å². The van der Waals surface area contributed by atoms with Gasteiger partial charge in [0.25, 0.3) is 0 Å². The van der Waals surface area contributed by atoms with Gasteiger partial charge in [-0.25, -0.2) is 0 Å². The number of piperidine rings is 1. The molecule has 0 aromatic heterocycles. The summed E-state index contributed by atoms with van der Waals surface area (Å²) in [4.78, 5) is 14.5. The van der Waals surface area contributed by atoms with Gasteiger partial charge in [-0.2, -0.15) is 5.26 Å². The molecule has 1 amide bonds. The smallest absolute Gasteiger partial charge is 0.244 e. The van der Waals surface area contributed by atoms with Crippen molar-refractivity contribution >= 4 is 11.6 Å². The fourth-order valence-electron chi connectivity index (χ4n) is 2.68. The largest absolute Gasteiger partial charge is 0.310 e. The topological polar surface area (TPSA) is 56.1 Å². The van der Waals surface area contributed by atoms with E-state index in [0.717, 1.165) is 25.1 Å². The lowest BCUT2D eigenvalue weighted by Gasteiger charge is -2.33. The van der Waals surface area contributed by atoms with Gasteiger partial charge < -0.3 is 10.2 Å². The molecule has 0 radical (unpaired) electrons. The highest BCUT2D eigenvalue weighted by atomic mass is 16.2. The molecule has 2 rings (SSSR count). The molecule has 4 heteroatoms. The van der Waals surface area contributed by atoms with Crippen LogP contribution in [-0.2, 0) is 4.79 Å². The van der Waals surface area contributed by atoms with E-state index in [0.29, 0.717) is 18.9 Å². The molecular formula is C16H21N3O. The summed E-state index contributed by atoms with van der Waals surface area (Å²) in [6.45, 7) is 3.45. The summed E-state index contributed by atoms with van der Waals surface area (Å²) >= 11 is 0. The standard InChI is InChI=1S/C16H21N3O/c1-13-7-5-11-18-15(13)16(20)19(12-6-10-17)14-8-3-2-4-9-14/h2-4,8-9,13,15,18H,5-7,11-12H2,1H3. The summed E-state index contributed by atoms with van der Waals surface area (Å²) in [5.74, 6) is 0.420. The summed E-state index contributed by atoms with van der Waals surface area (Å²) in [7, 11) is 0. The van der Waals surface area contributed by atoms with Crippen LogP contribution < -0.4 is 10.2 Å². The van der Waals surface area contributed by atoms with E-state index >= 15 is 0 Å². The number of nitrogens with one attached hydrogen (secondary N) is 1. The maximum Gasteiger partial charge on any atom is 0.244 e. The van der Waals surface area contributed by atoms with Crippen molar-refractivity contribution in [3.05, 3.63) is 30.3 Å². The average Bonchev–Trinajstić information content (AvgIpc) is 2.49. The van der Waals surface area contributed by atoms with E-state index in [-0.39, 0.29) is 11.9 Å². The van der Waals surface area contributed by atoms with Gasteiger partial charge in [-0.1, -0.05) is 25.1 Å². The third-order valence-electron chi connectivity index (χ3n) is 3.82. The van der Waals surface area contributed by atoms with E-state index < -0.39 is 0 Å². The molecule has 1 aliphatic rings. The molecule has 1 aromatic carbocycles. The molecule has 0 aliphatic carbocycles. The molecule has 2 atom stereocenters. The minimum absolute atomic E-state index is 0.0821. The van der Waals surface area contributed by atoms with Crippen LogP contribution in [0.4, 0.5) is 5.69 Å². The van der Waals surface area contributed by atoms with Gasteiger partial charge in [0.05, 0.1) is 18.5 Å². The van der Waals surface area contributed by atoms with E-state index in [1.54, 1.807) is 4.90 Å². The van der Waals surface area contributed by atoms with Gasteiger partial charge >= 0.3 is 0 Å². The maximum absolute atomic E-state index is 12.8. The third-order valence-corrected chi connectivity index (χ3v) is 3.82. The summed E-state index contributed by atoms with van der Waals surface area (Å²) in [5, 5.41) is 12.1. The maximum atomic E-state index is 12.8. The lowest BCUT2D eigenvalue weighted by Crippen LogP contribution is -2.52. The molecular weight excluding hydrogens is 250 g/mol. The second-order valence-electron chi connectivity index (χ2n) is 5.28. The zero-order chi connectivity index (χ0) is 14.4. The predicted octanol–water partition coefficient (Wildman–Crippen LogP) is 2.32. The number of carbonyl (C=O) groups excluding carboxylic acids is 1. The van der Waals surface area contributed by atoms with Crippen molar-refractivity contribution < 1.29 is 4.79 Å². The molecule has 20 heavy (non-hydrogen) atoms. The molecule has 1 saturated heterocycles. The first-order valence-corrected chi connectivity index (χ1v) is 7.21. The zero-order valence-electron chi connectivity index (χ0n) is 11.9. The highest BCUT2D eigenvalue weighted by molar-refractivity contribution is 5.97. The number of carbonyl (C=O) groups is 1. The van der Waals surface area contributed by atoms with E-state index in [9.17, 15) is 4.79 Å². The summed E-state index contributed by atoms with van der Waals surface area (Å²) in [6.07, 6.45) is 2.54. The number of para-hydroxylation sites is 1. The first kappa shape index (κ1) is 14.5. The lowest BCUT2D eigenvalue weighted by molar-refractivity contribution is -0.122. The van der Waals surface area contributed by atoms with Crippen LogP contribution in [-0.4, -0.2) is 25.0 Å². The van der Waals surface area contributed by atoms with Crippen LogP contribution in [0.1, 0.15) is 26.2 Å². The minimum atomic E-state index is -0.136. The second kappa shape index (κ2) is 7.06. The van der Waals surface area contributed by atoms with Crippen LogP contribution in [0.5, 0.6) is 0 Å². The van der Waals surface area contributed by atoms with E-state index in [1.807, 2.05) is 30.3 Å². The third kappa shape index (κ3) is 3.37. The Labute approximate surface area is 120 Å². The van der Waals surface area contributed by atoms with Crippen molar-refractivity contribution in [2.24, 2.45) is 5.92 Å². The lowest BCUT2D eigenvalue weighted by atomic mass is 9.91. The molecule has 2 unspecified atom stereocenters. The van der Waals surface area contributed by atoms with E-state index in [4.69, 9.17) is 5.26 Å². The molecule has 1 aliphatic heterocycles. The number of nitrogens with zero attached hydrogens (tertiary/aromatic N) is 2. The van der Waals surface area contributed by atoms with Crippen molar-refractivity contribution in [3.8, 4) is 6.07 Å². The molecule has 106 valence electrons. The molecule has 1 fully saturated rings. The van der Waals surface area contributed by atoms with Crippen molar-refractivity contribution in [2.75, 3.05) is 18.0 Å². The number of nitriles is 1. The highest BCUT2D eigenvalue weighted by Crippen LogP contribution is 2.21. The van der Waals surface area contributed by atoms with Crippen molar-refractivity contribution in [1.82, 2.24) is 5.32 Å². The SMILES string of the molecule is CC1CCCNC1C(=O)N(CCC#N)c1ccccc1. The van der Waals surface area contributed by atoms with Gasteiger partial charge in [0.2, 0.25) is 5.91 Å². The first-order chi connectivity index (χ1) is 9.74. The Balaban J connectivity index is 2.17. The molecule has 1 aromatic rings. The number of anilines is 1. The monoisotopic (exact) mass is 271 g/mol. The molecule has 1 N–H and O–H groups in total. The van der Waals surface area contributed by atoms with Crippen LogP contribution in [0.3, 0.4) is 0 Å². The molecule has 1 heterocycles. The van der Waals surface area contributed by atoms with Crippen LogP contribution in [0.15, 0.2) is 30.3 Å². The number of rotatable bonds is 4. The van der Waals surface area contributed by atoms with Gasteiger partial charge in [-0.15, -0.1) is 0 Å². The fraction of sp³-hybridized carbons (Fsp3) is 0.500. The summed E-state index contributed by atoms with van der Waals surface area (Å²) in [5.41, 5.74) is 0.868. The van der Waals surface area contributed by atoms with Crippen molar-refractivity contribution in [3.63, 3.8) is 0 Å². The average molecular weight is 271 g/mol. The number of hydrogen-bond acceptors (Lipinski definition) is 3. The highest BCUT2D eigenvalue weighted by Gasteiger charge is 2.31. The second-order valence-corrected chi connectivity index (χ2v) is 5.28. The molecule has 4 nitrogen and oxygen atoms in total. The Kier molecular flexibility index (Phi) is 5.14. The Morgan fingerprint density at radius 2 is 2.20 bits per heavy atom. The normalized spacial score (nSPS) is 22.0. The minimum Gasteiger partial charge on any atom is -0.310 e. The quantitative estimate of drug-likeness (QED) is 0.914. The van der Waals surface area contributed by atoms with E-state index in [2.05, 4.69) is 18.3 Å². The summed E-state index contributed by atoms with van der Waals surface area (Å²) < 4.78 is 0. The molecule has 0 spiro atoms. The van der Waals surface area contributed by atoms with Gasteiger partial charge in [-0.3, -0.25) is 4.79 Å². The molecule has 0 bridgehead atoms. The van der Waals surface area contributed by atoms with Crippen LogP contribution in [0, 0.1) is 17.2 Å². The Morgan fingerprint density at radius 3 is 2.85 bits per heavy atom. The summed E-state index contributed by atoms with van der Waals surface area (Å²) in [6, 6.07) is 11.6. The molecule has 0 saturated carbocycles. The van der Waals surface area contributed by atoms with Crippen molar-refractivity contribution in [1.29, 1.82) is 5.26 Å². The number of hydrogen-bond donors (Lipinski definition) is 1. The number of benzene rings is 1. The fourth-order valence-corrected chi connectivity index (χ4v) is 2.68. The van der Waals surface area contributed by atoms with Crippen LogP contribution in [0.25, 0.3) is 0 Å². The Bertz CT molecular complexity index is 480. The van der Waals surface area contributed by atoms with Gasteiger partial charge in [0.15, 0.2) is 0 Å². The number of amides is 1. The Hall–Kier alpha value is -1.86. The zero-order valence-corrected chi connectivity index (χ0v) is 11.9. The Morgan fingerprint density at radius 1 is 1.45 bits per heavy atom. The van der Waals surface area contributed by atoms with Crippen molar-refractivity contribution in [2.45, 2.75) is 32.2 Å². The van der Waals surface area contributed by atoms with Gasteiger partial charge in [-0.05, 0) is 37.4 Å². The van der Waals surface area contributed by atoms with Gasteiger partial charge in [0.1, 0.15) is 0 Å².